The Morgan fingerprint density at radius 1 is 1.29 bits per heavy atom. The summed E-state index contributed by atoms with van der Waals surface area (Å²) in [5, 5.41) is 0. The van der Waals surface area contributed by atoms with Crippen LogP contribution in [0.2, 0.25) is 4.82 Å². The molecular formula is C15H20OSe. The SMILES string of the molecule is CCCC[C@H]1CCC(=O)[C@@H]1[Se]c1ccccc1. The third-order valence-electron chi connectivity index (χ3n) is 3.44. The number of ketones is 1. The number of carbonyl (C=O) groups is 1. The van der Waals surface area contributed by atoms with Crippen molar-refractivity contribution in [1.29, 1.82) is 0 Å². The zero-order chi connectivity index (χ0) is 12.1. The van der Waals surface area contributed by atoms with Crippen LogP contribution in [0, 0.1) is 5.92 Å². The maximum absolute atomic E-state index is 12.0. The predicted octanol–water partition coefficient (Wildman–Crippen LogP) is 2.97. The van der Waals surface area contributed by atoms with E-state index >= 15 is 0 Å². The quantitative estimate of drug-likeness (QED) is 0.763. The van der Waals surface area contributed by atoms with Crippen molar-refractivity contribution in [2.24, 2.45) is 5.92 Å². The van der Waals surface area contributed by atoms with Gasteiger partial charge in [0.25, 0.3) is 0 Å². The first-order valence-corrected chi connectivity index (χ1v) is 8.40. The van der Waals surface area contributed by atoms with Crippen LogP contribution in [0.5, 0.6) is 0 Å². The van der Waals surface area contributed by atoms with Crippen LogP contribution in [0.3, 0.4) is 0 Å². The van der Waals surface area contributed by atoms with Crippen molar-refractivity contribution in [1.82, 2.24) is 0 Å². The van der Waals surface area contributed by atoms with Crippen molar-refractivity contribution in [2.45, 2.75) is 43.8 Å². The molecule has 2 heteroatoms. The van der Waals surface area contributed by atoms with E-state index in [0.29, 0.717) is 31.5 Å². The number of benzene rings is 1. The van der Waals surface area contributed by atoms with Crippen molar-refractivity contribution >= 4 is 25.2 Å². The van der Waals surface area contributed by atoms with E-state index in [2.05, 4.69) is 31.2 Å². The molecule has 0 aliphatic heterocycles. The summed E-state index contributed by atoms with van der Waals surface area (Å²) < 4.78 is 1.38. The van der Waals surface area contributed by atoms with Crippen LogP contribution in [0.25, 0.3) is 0 Å². The number of hydrogen-bond donors (Lipinski definition) is 0. The molecule has 2 rings (SSSR count). The Hall–Kier alpha value is -0.591. The van der Waals surface area contributed by atoms with Gasteiger partial charge < -0.3 is 0 Å². The molecule has 2 atom stereocenters. The second kappa shape index (κ2) is 6.37. The Balaban J connectivity index is 1.99. The number of rotatable bonds is 5. The van der Waals surface area contributed by atoms with Gasteiger partial charge in [0.2, 0.25) is 0 Å². The molecule has 1 nitrogen and oxygen atoms in total. The molecule has 1 aliphatic rings. The molecule has 0 radical (unpaired) electrons. The molecule has 0 aromatic heterocycles. The molecule has 0 bridgehead atoms. The third-order valence-corrected chi connectivity index (χ3v) is 6.48. The molecule has 0 saturated heterocycles. The molecule has 0 N–H and O–H groups in total. The van der Waals surface area contributed by atoms with Gasteiger partial charge in [-0.1, -0.05) is 0 Å². The Labute approximate surface area is 110 Å². The first kappa shape index (κ1) is 12.9. The van der Waals surface area contributed by atoms with Crippen LogP contribution in [0.4, 0.5) is 0 Å². The van der Waals surface area contributed by atoms with E-state index in [4.69, 9.17) is 0 Å². The standard InChI is InChI=1S/C15H20OSe/c1-2-3-7-12-10-11-14(16)15(12)17-13-8-5-4-6-9-13/h4-6,8-9,12,15H,2-3,7,10-11H2,1H3/t12-,15+/m0/s1. The molecule has 1 fully saturated rings. The van der Waals surface area contributed by atoms with Crippen LogP contribution >= 0.6 is 0 Å². The minimum atomic E-state index is 0.341. The number of unbranched alkanes of at least 4 members (excludes halogenated alkanes) is 1. The zero-order valence-electron chi connectivity index (χ0n) is 10.4. The van der Waals surface area contributed by atoms with Crippen LogP contribution in [-0.4, -0.2) is 20.7 Å². The van der Waals surface area contributed by atoms with E-state index < -0.39 is 0 Å². The number of Topliss-reactive ketones (excluding diaryl/α,β-unsaturated/α-hetero) is 1. The summed E-state index contributed by atoms with van der Waals surface area (Å²) in [6.07, 6.45) is 5.74. The Morgan fingerprint density at radius 2 is 2.06 bits per heavy atom. The molecule has 0 heterocycles. The second-order valence-corrected chi connectivity index (χ2v) is 7.31. The molecule has 0 spiro atoms. The topological polar surface area (TPSA) is 17.1 Å². The Kier molecular flexibility index (Phi) is 4.82. The molecule has 0 unspecified atom stereocenters. The van der Waals surface area contributed by atoms with Gasteiger partial charge in [0.15, 0.2) is 0 Å². The first-order chi connectivity index (χ1) is 8.31. The Morgan fingerprint density at radius 3 is 2.76 bits per heavy atom. The van der Waals surface area contributed by atoms with Crippen molar-refractivity contribution < 1.29 is 4.79 Å². The molecule has 0 amide bonds. The van der Waals surface area contributed by atoms with Gasteiger partial charge in [-0.15, -0.1) is 0 Å². The van der Waals surface area contributed by atoms with Gasteiger partial charge in [0, 0.05) is 0 Å². The number of hydrogen-bond acceptors (Lipinski definition) is 1. The van der Waals surface area contributed by atoms with E-state index in [-0.39, 0.29) is 0 Å². The van der Waals surface area contributed by atoms with Gasteiger partial charge in [-0.3, -0.25) is 0 Å². The summed E-state index contributed by atoms with van der Waals surface area (Å²) in [5.41, 5.74) is 0. The van der Waals surface area contributed by atoms with E-state index in [1.165, 1.54) is 23.7 Å². The van der Waals surface area contributed by atoms with Crippen molar-refractivity contribution in [2.75, 3.05) is 0 Å². The third kappa shape index (κ3) is 3.43. The van der Waals surface area contributed by atoms with Gasteiger partial charge in [-0.2, -0.15) is 0 Å². The van der Waals surface area contributed by atoms with E-state index in [9.17, 15) is 4.79 Å². The number of carbonyl (C=O) groups excluding carboxylic acids is 1. The van der Waals surface area contributed by atoms with Crippen molar-refractivity contribution in [3.05, 3.63) is 30.3 Å². The van der Waals surface area contributed by atoms with Crippen LogP contribution < -0.4 is 4.46 Å². The average Bonchev–Trinajstić information content (AvgIpc) is 2.70. The van der Waals surface area contributed by atoms with E-state index in [1.807, 2.05) is 6.07 Å². The summed E-state index contributed by atoms with van der Waals surface area (Å²) in [6, 6.07) is 10.5. The summed E-state index contributed by atoms with van der Waals surface area (Å²) in [4.78, 5) is 12.3. The van der Waals surface area contributed by atoms with Gasteiger partial charge in [0.1, 0.15) is 0 Å². The van der Waals surface area contributed by atoms with Crippen molar-refractivity contribution in [3.8, 4) is 0 Å². The van der Waals surface area contributed by atoms with Gasteiger partial charge in [-0.25, -0.2) is 0 Å². The normalized spacial score (nSPS) is 24.2. The first-order valence-electron chi connectivity index (χ1n) is 6.55. The monoisotopic (exact) mass is 296 g/mol. The maximum atomic E-state index is 12.0. The molecule has 92 valence electrons. The zero-order valence-corrected chi connectivity index (χ0v) is 12.1. The fourth-order valence-electron chi connectivity index (χ4n) is 2.45. The molecule has 1 aromatic rings. The van der Waals surface area contributed by atoms with Crippen molar-refractivity contribution in [3.63, 3.8) is 0 Å². The minimum absolute atomic E-state index is 0.341. The van der Waals surface area contributed by atoms with Crippen LogP contribution in [0.15, 0.2) is 30.3 Å². The molecule has 1 saturated carbocycles. The predicted molar refractivity (Wildman–Crippen MR) is 72.8 cm³/mol. The molecule has 1 aromatic carbocycles. The van der Waals surface area contributed by atoms with Crippen LogP contribution in [-0.2, 0) is 4.79 Å². The second-order valence-electron chi connectivity index (χ2n) is 4.76. The fraction of sp³-hybridized carbons (Fsp3) is 0.533. The summed E-state index contributed by atoms with van der Waals surface area (Å²) in [6.45, 7) is 2.23. The Bertz CT molecular complexity index is 360. The summed E-state index contributed by atoms with van der Waals surface area (Å²) in [5.74, 6) is 1.19. The summed E-state index contributed by atoms with van der Waals surface area (Å²) in [7, 11) is 0. The van der Waals surface area contributed by atoms with Gasteiger partial charge in [-0.05, 0) is 0 Å². The molecule has 17 heavy (non-hydrogen) atoms. The average molecular weight is 295 g/mol. The van der Waals surface area contributed by atoms with Gasteiger partial charge >= 0.3 is 110 Å². The fourth-order valence-corrected chi connectivity index (χ4v) is 5.23. The van der Waals surface area contributed by atoms with Gasteiger partial charge in [0.05, 0.1) is 0 Å². The molecular weight excluding hydrogens is 275 g/mol. The van der Waals surface area contributed by atoms with E-state index in [1.54, 1.807) is 0 Å². The van der Waals surface area contributed by atoms with Crippen LogP contribution in [0.1, 0.15) is 39.0 Å². The van der Waals surface area contributed by atoms with E-state index in [0.717, 1.165) is 12.8 Å². The summed E-state index contributed by atoms with van der Waals surface area (Å²) >= 11 is 0.341. The molecule has 1 aliphatic carbocycles.